The van der Waals surface area contributed by atoms with Crippen LogP contribution in [0.3, 0.4) is 0 Å². The molecule has 1 amide bonds. The fraction of sp³-hybridized carbons (Fsp3) is 0.333. The van der Waals surface area contributed by atoms with Gasteiger partial charge in [0.05, 0.1) is 6.54 Å². The van der Waals surface area contributed by atoms with Crippen LogP contribution in [0.1, 0.15) is 17.3 Å². The zero-order valence-corrected chi connectivity index (χ0v) is 14.6. The van der Waals surface area contributed by atoms with Gasteiger partial charge in [-0.25, -0.2) is 0 Å². The molecule has 0 aliphatic heterocycles. The number of benzene rings is 1. The minimum absolute atomic E-state index is 0. The largest absolute Gasteiger partial charge is 0.357 e. The first-order valence-electron chi connectivity index (χ1n) is 6.74. The zero-order chi connectivity index (χ0) is 14.6. The Balaban J connectivity index is 0.00000400. The summed E-state index contributed by atoms with van der Waals surface area (Å²) in [5, 5.41) is 9.04. The summed E-state index contributed by atoms with van der Waals surface area (Å²) in [6.07, 6.45) is 1.77. The Morgan fingerprint density at radius 2 is 1.95 bits per heavy atom. The van der Waals surface area contributed by atoms with Gasteiger partial charge in [0, 0.05) is 25.2 Å². The van der Waals surface area contributed by atoms with Crippen LogP contribution >= 0.6 is 24.0 Å². The number of halogens is 1. The molecule has 0 aliphatic rings. The molecular weight excluding hydrogens is 379 g/mol. The molecule has 0 fully saturated rings. The molecular formula is C15H23IN4O. The lowest BCUT2D eigenvalue weighted by Crippen LogP contribution is -2.38. The van der Waals surface area contributed by atoms with Gasteiger partial charge in [0.25, 0.3) is 5.91 Å². The van der Waals surface area contributed by atoms with E-state index in [-0.39, 0.29) is 29.9 Å². The average molecular weight is 402 g/mol. The highest BCUT2D eigenvalue weighted by atomic mass is 127. The molecule has 1 aromatic rings. The van der Waals surface area contributed by atoms with Gasteiger partial charge in [0.2, 0.25) is 0 Å². The minimum atomic E-state index is -0.0788. The topological polar surface area (TPSA) is 65.5 Å². The number of guanidine groups is 1. The highest BCUT2D eigenvalue weighted by Crippen LogP contribution is 1.97. The first-order chi connectivity index (χ1) is 9.77. The molecule has 1 aromatic carbocycles. The molecule has 0 aromatic heterocycles. The summed E-state index contributed by atoms with van der Waals surface area (Å²) in [6, 6.07) is 9.14. The number of carbonyl (C=O) groups is 1. The van der Waals surface area contributed by atoms with Gasteiger partial charge < -0.3 is 16.0 Å². The first-order valence-corrected chi connectivity index (χ1v) is 6.74. The van der Waals surface area contributed by atoms with E-state index in [1.807, 2.05) is 25.1 Å². The first kappa shape index (κ1) is 19.4. The third-order valence-corrected chi connectivity index (χ3v) is 2.46. The van der Waals surface area contributed by atoms with Crippen LogP contribution < -0.4 is 16.0 Å². The monoisotopic (exact) mass is 402 g/mol. The van der Waals surface area contributed by atoms with Crippen molar-refractivity contribution in [2.75, 3.05) is 26.2 Å². The van der Waals surface area contributed by atoms with Crippen molar-refractivity contribution in [3.63, 3.8) is 0 Å². The van der Waals surface area contributed by atoms with E-state index in [0.717, 1.165) is 12.5 Å². The average Bonchev–Trinajstić information content (AvgIpc) is 2.49. The number of carbonyl (C=O) groups excluding carboxylic acids is 1. The molecule has 0 atom stereocenters. The molecule has 0 radical (unpaired) electrons. The van der Waals surface area contributed by atoms with E-state index in [9.17, 15) is 4.79 Å². The van der Waals surface area contributed by atoms with Crippen molar-refractivity contribution in [1.29, 1.82) is 0 Å². The van der Waals surface area contributed by atoms with E-state index in [1.165, 1.54) is 0 Å². The Morgan fingerprint density at radius 1 is 1.24 bits per heavy atom. The van der Waals surface area contributed by atoms with Gasteiger partial charge in [-0.3, -0.25) is 9.79 Å². The molecule has 116 valence electrons. The van der Waals surface area contributed by atoms with Gasteiger partial charge in [-0.1, -0.05) is 24.3 Å². The van der Waals surface area contributed by atoms with Crippen molar-refractivity contribution >= 4 is 35.8 Å². The molecule has 0 saturated heterocycles. The van der Waals surface area contributed by atoms with Crippen molar-refractivity contribution in [3.05, 3.63) is 48.6 Å². The molecule has 0 bridgehead atoms. The maximum atomic E-state index is 11.8. The van der Waals surface area contributed by atoms with Gasteiger partial charge in [-0.05, 0) is 19.1 Å². The number of amides is 1. The summed E-state index contributed by atoms with van der Waals surface area (Å²) in [5.41, 5.74) is 0.660. The minimum Gasteiger partial charge on any atom is -0.357 e. The molecule has 5 nitrogen and oxygen atoms in total. The van der Waals surface area contributed by atoms with Crippen LogP contribution in [-0.2, 0) is 0 Å². The number of aliphatic imine (C=N–C) groups is 1. The fourth-order valence-electron chi connectivity index (χ4n) is 1.54. The third-order valence-electron chi connectivity index (χ3n) is 2.46. The van der Waals surface area contributed by atoms with E-state index in [0.29, 0.717) is 25.2 Å². The van der Waals surface area contributed by atoms with Gasteiger partial charge in [-0.2, -0.15) is 0 Å². The Hall–Kier alpha value is -1.57. The second kappa shape index (κ2) is 12.2. The Morgan fingerprint density at radius 3 is 2.57 bits per heavy atom. The van der Waals surface area contributed by atoms with E-state index in [4.69, 9.17) is 0 Å². The molecule has 0 spiro atoms. The van der Waals surface area contributed by atoms with Crippen molar-refractivity contribution < 1.29 is 4.79 Å². The Bertz CT molecular complexity index is 448. The summed E-state index contributed by atoms with van der Waals surface area (Å²) in [6.45, 7) is 8.11. The zero-order valence-electron chi connectivity index (χ0n) is 12.3. The van der Waals surface area contributed by atoms with Crippen LogP contribution in [0.4, 0.5) is 0 Å². The van der Waals surface area contributed by atoms with Crippen molar-refractivity contribution in [1.82, 2.24) is 16.0 Å². The molecule has 3 N–H and O–H groups in total. The molecule has 0 aliphatic carbocycles. The van der Waals surface area contributed by atoms with E-state index < -0.39 is 0 Å². The molecule has 0 heterocycles. The van der Waals surface area contributed by atoms with Gasteiger partial charge >= 0.3 is 0 Å². The Kier molecular flexibility index (Phi) is 11.3. The highest BCUT2D eigenvalue weighted by molar-refractivity contribution is 14.0. The summed E-state index contributed by atoms with van der Waals surface area (Å²) in [5.74, 6) is 0.645. The van der Waals surface area contributed by atoms with Crippen molar-refractivity contribution in [2.24, 2.45) is 4.99 Å². The standard InChI is InChI=1S/C15H22N4O.HI/c1-3-10-18-15(16-4-2)19-12-11-17-14(20)13-8-6-5-7-9-13;/h3,5-9H,1,4,10-12H2,2H3,(H,17,20)(H2,16,18,19);1H. The third kappa shape index (κ3) is 8.34. The van der Waals surface area contributed by atoms with Gasteiger partial charge in [0.1, 0.15) is 0 Å². The quantitative estimate of drug-likeness (QED) is 0.214. The summed E-state index contributed by atoms with van der Waals surface area (Å²) < 4.78 is 0. The number of rotatable bonds is 7. The normalized spacial score (nSPS) is 10.2. The van der Waals surface area contributed by atoms with Gasteiger partial charge in [0.15, 0.2) is 5.96 Å². The lowest BCUT2D eigenvalue weighted by molar-refractivity contribution is 0.0955. The predicted molar refractivity (Wildman–Crippen MR) is 98.4 cm³/mol. The lowest BCUT2D eigenvalue weighted by atomic mass is 10.2. The molecule has 6 heteroatoms. The summed E-state index contributed by atoms with van der Waals surface area (Å²) in [7, 11) is 0. The molecule has 21 heavy (non-hydrogen) atoms. The van der Waals surface area contributed by atoms with Crippen LogP contribution in [0.25, 0.3) is 0 Å². The summed E-state index contributed by atoms with van der Waals surface area (Å²) in [4.78, 5) is 16.1. The predicted octanol–water partition coefficient (Wildman–Crippen LogP) is 1.78. The molecule has 0 saturated carbocycles. The maximum absolute atomic E-state index is 11.8. The number of hydrogen-bond donors (Lipinski definition) is 3. The highest BCUT2D eigenvalue weighted by Gasteiger charge is 2.02. The van der Waals surface area contributed by atoms with E-state index in [2.05, 4.69) is 27.5 Å². The number of nitrogens with one attached hydrogen (secondary N) is 3. The van der Waals surface area contributed by atoms with E-state index >= 15 is 0 Å². The molecule has 0 unspecified atom stereocenters. The number of nitrogens with zero attached hydrogens (tertiary/aromatic N) is 1. The van der Waals surface area contributed by atoms with Crippen LogP contribution in [0, 0.1) is 0 Å². The Labute approximate surface area is 143 Å². The van der Waals surface area contributed by atoms with Crippen LogP contribution in [0.5, 0.6) is 0 Å². The number of hydrogen-bond acceptors (Lipinski definition) is 2. The lowest BCUT2D eigenvalue weighted by Gasteiger charge is -2.09. The maximum Gasteiger partial charge on any atom is 0.251 e. The van der Waals surface area contributed by atoms with E-state index in [1.54, 1.807) is 18.2 Å². The van der Waals surface area contributed by atoms with Crippen LogP contribution in [0.15, 0.2) is 48.0 Å². The van der Waals surface area contributed by atoms with Gasteiger partial charge in [-0.15, -0.1) is 30.6 Å². The smallest absolute Gasteiger partial charge is 0.251 e. The van der Waals surface area contributed by atoms with Crippen molar-refractivity contribution in [2.45, 2.75) is 6.92 Å². The molecule has 1 rings (SSSR count). The summed E-state index contributed by atoms with van der Waals surface area (Å²) >= 11 is 0. The SMILES string of the molecule is C=CCNC(=NCCNC(=O)c1ccccc1)NCC.I. The fourth-order valence-corrected chi connectivity index (χ4v) is 1.54. The second-order valence-electron chi connectivity index (χ2n) is 4.05. The van der Waals surface area contributed by atoms with Crippen molar-refractivity contribution in [3.8, 4) is 0 Å². The van der Waals surface area contributed by atoms with Crippen LogP contribution in [0.2, 0.25) is 0 Å². The van der Waals surface area contributed by atoms with Crippen LogP contribution in [-0.4, -0.2) is 38.0 Å². The second-order valence-corrected chi connectivity index (χ2v) is 4.05.